The smallest absolute Gasteiger partial charge is 0.238 e. The maximum Gasteiger partial charge on any atom is 0.238 e. The van der Waals surface area contributed by atoms with Gasteiger partial charge in [-0.25, -0.2) is 0 Å². The molecule has 1 aromatic rings. The first-order valence-corrected chi connectivity index (χ1v) is 8.13. The third-order valence-corrected chi connectivity index (χ3v) is 4.50. The molecule has 1 unspecified atom stereocenters. The van der Waals surface area contributed by atoms with Crippen LogP contribution in [0.3, 0.4) is 0 Å². The molecule has 0 aliphatic heterocycles. The van der Waals surface area contributed by atoms with Crippen LogP contribution in [-0.4, -0.2) is 30.4 Å². The highest BCUT2D eigenvalue weighted by Crippen LogP contribution is 2.27. The van der Waals surface area contributed by atoms with E-state index in [-0.39, 0.29) is 11.3 Å². The van der Waals surface area contributed by atoms with Crippen LogP contribution in [0.4, 0.5) is 5.69 Å². The molecule has 0 fully saturated rings. The number of hydrogen-bond acceptors (Lipinski definition) is 2. The van der Waals surface area contributed by atoms with E-state index in [0.717, 1.165) is 11.3 Å². The molecule has 1 N–H and O–H groups in total. The molecule has 1 amide bonds. The molecule has 1 atom stereocenters. The number of benzene rings is 1. The number of nitrogens with one attached hydrogen (secondary N) is 1. The van der Waals surface area contributed by atoms with Crippen LogP contribution < -0.4 is 5.32 Å². The Balaban J connectivity index is 2.82. The lowest BCUT2D eigenvalue weighted by Crippen LogP contribution is -2.43. The molecule has 1 rings (SSSR count). The summed E-state index contributed by atoms with van der Waals surface area (Å²) in [5, 5.41) is 3.12. The number of amides is 1. The van der Waals surface area contributed by atoms with Crippen molar-refractivity contribution < 1.29 is 4.79 Å². The van der Waals surface area contributed by atoms with E-state index in [4.69, 9.17) is 0 Å². The van der Waals surface area contributed by atoms with Gasteiger partial charge in [0, 0.05) is 11.7 Å². The van der Waals surface area contributed by atoms with Gasteiger partial charge in [-0.3, -0.25) is 9.69 Å². The molecule has 0 aliphatic rings. The first-order chi connectivity index (χ1) is 10.0. The van der Waals surface area contributed by atoms with Crippen LogP contribution in [0, 0.1) is 12.3 Å². The van der Waals surface area contributed by atoms with Crippen molar-refractivity contribution in [2.24, 2.45) is 5.41 Å². The van der Waals surface area contributed by atoms with Crippen LogP contribution in [0.15, 0.2) is 18.2 Å². The monoisotopic (exact) mass is 304 g/mol. The maximum atomic E-state index is 12.4. The van der Waals surface area contributed by atoms with E-state index in [1.54, 1.807) is 0 Å². The van der Waals surface area contributed by atoms with Gasteiger partial charge in [-0.15, -0.1) is 0 Å². The molecule has 0 saturated heterocycles. The summed E-state index contributed by atoms with van der Waals surface area (Å²) in [5.74, 6) is 0.441. The number of nitrogens with zero attached hydrogens (tertiary/aromatic N) is 1. The quantitative estimate of drug-likeness (QED) is 0.873. The number of rotatable bonds is 5. The van der Waals surface area contributed by atoms with Crippen molar-refractivity contribution in [1.29, 1.82) is 0 Å². The lowest BCUT2D eigenvalue weighted by molar-refractivity contribution is -0.117. The summed E-state index contributed by atoms with van der Waals surface area (Å²) in [5.41, 5.74) is 3.44. The van der Waals surface area contributed by atoms with E-state index < -0.39 is 0 Å². The third kappa shape index (κ3) is 4.84. The predicted octanol–water partition coefficient (Wildman–Crippen LogP) is 4.42. The van der Waals surface area contributed by atoms with Crippen LogP contribution in [-0.2, 0) is 4.79 Å². The Morgan fingerprint density at radius 2 is 1.82 bits per heavy atom. The summed E-state index contributed by atoms with van der Waals surface area (Å²) in [6, 6.07) is 6.52. The second-order valence-electron chi connectivity index (χ2n) is 7.70. The van der Waals surface area contributed by atoms with Gasteiger partial charge in [-0.05, 0) is 43.4 Å². The highest BCUT2D eigenvalue weighted by molar-refractivity contribution is 5.93. The molecule has 0 aromatic heterocycles. The van der Waals surface area contributed by atoms with Gasteiger partial charge in [0.1, 0.15) is 0 Å². The Labute approximate surface area is 136 Å². The molecule has 0 heterocycles. The number of carbonyl (C=O) groups is 1. The molecule has 22 heavy (non-hydrogen) atoms. The Bertz CT molecular complexity index is 515. The Hall–Kier alpha value is -1.35. The fraction of sp³-hybridized carbons (Fsp3) is 0.632. The first-order valence-electron chi connectivity index (χ1n) is 8.13. The van der Waals surface area contributed by atoms with Gasteiger partial charge in [0.2, 0.25) is 5.91 Å². The average Bonchev–Trinajstić information content (AvgIpc) is 2.38. The number of hydrogen-bond donors (Lipinski definition) is 1. The summed E-state index contributed by atoms with van der Waals surface area (Å²) in [6.45, 7) is 15.5. The van der Waals surface area contributed by atoms with Crippen LogP contribution in [0.25, 0.3) is 0 Å². The molecule has 3 nitrogen and oxygen atoms in total. The number of aryl methyl sites for hydroxylation is 1. The van der Waals surface area contributed by atoms with Gasteiger partial charge in [-0.2, -0.15) is 0 Å². The van der Waals surface area contributed by atoms with Gasteiger partial charge in [-0.1, -0.05) is 52.8 Å². The van der Waals surface area contributed by atoms with Crippen LogP contribution >= 0.6 is 0 Å². The van der Waals surface area contributed by atoms with Crippen LogP contribution in [0.5, 0.6) is 0 Å². The minimum Gasteiger partial charge on any atom is -0.324 e. The van der Waals surface area contributed by atoms with E-state index in [0.29, 0.717) is 18.5 Å². The van der Waals surface area contributed by atoms with Gasteiger partial charge in [0.05, 0.1) is 6.54 Å². The minimum absolute atomic E-state index is 0.0507. The van der Waals surface area contributed by atoms with Crippen molar-refractivity contribution in [1.82, 2.24) is 4.90 Å². The van der Waals surface area contributed by atoms with E-state index >= 15 is 0 Å². The lowest BCUT2D eigenvalue weighted by Gasteiger charge is -2.35. The second-order valence-corrected chi connectivity index (χ2v) is 7.70. The Kier molecular flexibility index (Phi) is 6.18. The molecule has 0 bridgehead atoms. The van der Waals surface area contributed by atoms with Gasteiger partial charge in [0.15, 0.2) is 0 Å². The minimum atomic E-state index is 0.0507. The topological polar surface area (TPSA) is 32.3 Å². The van der Waals surface area contributed by atoms with E-state index in [2.05, 4.69) is 57.8 Å². The standard InChI is InChI=1S/C19H32N2O/c1-13(2)16-11-9-10-14(3)18(16)20-17(22)12-21(8)15(4)19(5,6)7/h9-11,13,15H,12H2,1-8H3,(H,20,22). The van der Waals surface area contributed by atoms with Crippen molar-refractivity contribution in [3.8, 4) is 0 Å². The highest BCUT2D eigenvalue weighted by atomic mass is 16.2. The maximum absolute atomic E-state index is 12.4. The Morgan fingerprint density at radius 3 is 2.32 bits per heavy atom. The molecular formula is C19H32N2O. The molecule has 0 saturated carbocycles. The summed E-state index contributed by atoms with van der Waals surface area (Å²) >= 11 is 0. The SMILES string of the molecule is Cc1cccc(C(C)C)c1NC(=O)CN(C)C(C)C(C)(C)C. The number of para-hydroxylation sites is 1. The van der Waals surface area contributed by atoms with E-state index in [1.165, 1.54) is 5.56 Å². The fourth-order valence-corrected chi connectivity index (χ4v) is 2.55. The first kappa shape index (κ1) is 18.7. The van der Waals surface area contributed by atoms with Crippen molar-refractivity contribution in [2.45, 2.75) is 60.4 Å². The zero-order chi connectivity index (χ0) is 17.1. The summed E-state index contributed by atoms with van der Waals surface area (Å²) in [7, 11) is 2.01. The molecule has 124 valence electrons. The molecule has 0 radical (unpaired) electrons. The van der Waals surface area contributed by atoms with Crippen LogP contribution in [0.1, 0.15) is 58.6 Å². The van der Waals surface area contributed by atoms with Gasteiger partial charge in [0.25, 0.3) is 0 Å². The predicted molar refractivity (Wildman–Crippen MR) is 95.4 cm³/mol. The van der Waals surface area contributed by atoms with E-state index in [9.17, 15) is 4.79 Å². The van der Waals surface area contributed by atoms with Gasteiger partial charge < -0.3 is 5.32 Å². The van der Waals surface area contributed by atoms with Crippen molar-refractivity contribution in [3.05, 3.63) is 29.3 Å². The molecule has 0 aliphatic carbocycles. The number of likely N-dealkylation sites (N-methyl/N-ethyl adjacent to an activating group) is 1. The lowest BCUT2D eigenvalue weighted by atomic mass is 9.87. The summed E-state index contributed by atoms with van der Waals surface area (Å²) in [6.07, 6.45) is 0. The van der Waals surface area contributed by atoms with E-state index in [1.807, 2.05) is 26.1 Å². The summed E-state index contributed by atoms with van der Waals surface area (Å²) in [4.78, 5) is 14.5. The summed E-state index contributed by atoms with van der Waals surface area (Å²) < 4.78 is 0. The number of carbonyl (C=O) groups excluding carboxylic acids is 1. The molecule has 0 spiro atoms. The second kappa shape index (κ2) is 7.28. The number of anilines is 1. The Morgan fingerprint density at radius 1 is 1.23 bits per heavy atom. The zero-order valence-electron chi connectivity index (χ0n) is 15.4. The largest absolute Gasteiger partial charge is 0.324 e. The molecular weight excluding hydrogens is 272 g/mol. The zero-order valence-corrected chi connectivity index (χ0v) is 15.4. The van der Waals surface area contributed by atoms with Crippen LogP contribution in [0.2, 0.25) is 0 Å². The third-order valence-electron chi connectivity index (χ3n) is 4.50. The van der Waals surface area contributed by atoms with Crippen molar-refractivity contribution in [2.75, 3.05) is 18.9 Å². The van der Waals surface area contributed by atoms with Gasteiger partial charge >= 0.3 is 0 Å². The van der Waals surface area contributed by atoms with Crippen molar-refractivity contribution in [3.63, 3.8) is 0 Å². The fourth-order valence-electron chi connectivity index (χ4n) is 2.55. The molecule has 3 heteroatoms. The highest BCUT2D eigenvalue weighted by Gasteiger charge is 2.25. The normalized spacial score (nSPS) is 13.5. The van der Waals surface area contributed by atoms with Crippen molar-refractivity contribution >= 4 is 11.6 Å². The molecule has 1 aromatic carbocycles. The average molecular weight is 304 g/mol.